The van der Waals surface area contributed by atoms with Gasteiger partial charge >= 0.3 is 11.9 Å². The number of esters is 2. The van der Waals surface area contributed by atoms with Gasteiger partial charge in [-0.3, -0.25) is 14.6 Å². The van der Waals surface area contributed by atoms with Gasteiger partial charge in [-0.2, -0.15) is 0 Å². The van der Waals surface area contributed by atoms with E-state index >= 15 is 0 Å². The minimum absolute atomic E-state index is 0.153. The van der Waals surface area contributed by atoms with Crippen LogP contribution < -0.4 is 0 Å². The number of carbonyl (C=O) groups excluding carboxylic acids is 2. The second-order valence-corrected chi connectivity index (χ2v) is 7.59. The highest BCUT2D eigenvalue weighted by atomic mass is 16.6. The van der Waals surface area contributed by atoms with Crippen molar-refractivity contribution in [1.29, 1.82) is 0 Å². The van der Waals surface area contributed by atoms with Crippen molar-refractivity contribution >= 4 is 34.9 Å². The predicted octanol–water partition coefficient (Wildman–Crippen LogP) is 5.41. The summed E-state index contributed by atoms with van der Waals surface area (Å²) in [7, 11) is 0. The van der Waals surface area contributed by atoms with Crippen molar-refractivity contribution < 1.29 is 19.1 Å². The molecular weight excluding hydrogens is 442 g/mol. The van der Waals surface area contributed by atoms with Crippen LogP contribution in [0, 0.1) is 5.92 Å². The lowest BCUT2D eigenvalue weighted by Gasteiger charge is -2.11. The van der Waals surface area contributed by atoms with Crippen LogP contribution in [0.5, 0.6) is 0 Å². The van der Waals surface area contributed by atoms with E-state index in [1.807, 2.05) is 66.7 Å². The zero-order valence-electron chi connectivity index (χ0n) is 19.5. The average Bonchev–Trinajstić information content (AvgIpc) is 2.89. The van der Waals surface area contributed by atoms with Crippen molar-refractivity contribution in [3.05, 3.63) is 78.9 Å². The maximum atomic E-state index is 12.2. The Kier molecular flexibility index (Phi) is 7.57. The highest BCUT2D eigenvalue weighted by Crippen LogP contribution is 2.31. The van der Waals surface area contributed by atoms with Gasteiger partial charge in [0.1, 0.15) is 0 Å². The lowest BCUT2D eigenvalue weighted by molar-refractivity contribution is -0.157. The lowest BCUT2D eigenvalue weighted by atomic mass is 10.0. The Balaban J connectivity index is 1.75. The van der Waals surface area contributed by atoms with Crippen molar-refractivity contribution in [1.82, 2.24) is 9.97 Å². The van der Waals surface area contributed by atoms with Crippen LogP contribution in [-0.2, 0) is 19.1 Å². The quantitative estimate of drug-likeness (QED) is 0.196. The number of rotatable bonds is 8. The largest absolute Gasteiger partial charge is 0.465 e. The van der Waals surface area contributed by atoms with Crippen LogP contribution in [0.2, 0.25) is 0 Å². The van der Waals surface area contributed by atoms with Gasteiger partial charge in [0.25, 0.3) is 0 Å². The van der Waals surface area contributed by atoms with Gasteiger partial charge in [-0.05, 0) is 32.0 Å². The fourth-order valence-corrected chi connectivity index (χ4v) is 3.56. The van der Waals surface area contributed by atoms with Crippen LogP contribution >= 0.6 is 0 Å². The third kappa shape index (κ3) is 5.58. The van der Waals surface area contributed by atoms with Crippen LogP contribution in [-0.4, -0.2) is 41.3 Å². The molecule has 0 saturated heterocycles. The maximum Gasteiger partial charge on any atom is 0.325 e. The van der Waals surface area contributed by atoms with Crippen molar-refractivity contribution in [3.8, 4) is 22.5 Å². The minimum atomic E-state index is -1.24. The molecule has 4 rings (SSSR count). The molecule has 0 radical (unpaired) electrons. The molecule has 1 heterocycles. The molecule has 0 aliphatic heterocycles. The number of ether oxygens (including phenoxy) is 2. The molecule has 0 atom stereocenters. The van der Waals surface area contributed by atoms with Crippen LogP contribution in [0.1, 0.15) is 13.8 Å². The Morgan fingerprint density at radius 3 is 1.80 bits per heavy atom. The van der Waals surface area contributed by atoms with Gasteiger partial charge < -0.3 is 9.47 Å². The molecule has 0 spiro atoms. The SMILES string of the molecule is CCOC(=O)C(C=Nc1ccc2nc(-c3ccccc3)c(-c3ccccc3)nc2c1)C(=O)OCC. The summed E-state index contributed by atoms with van der Waals surface area (Å²) in [6, 6.07) is 25.1. The monoisotopic (exact) mass is 467 g/mol. The van der Waals surface area contributed by atoms with Crippen LogP contribution in [0.3, 0.4) is 0 Å². The van der Waals surface area contributed by atoms with Crippen molar-refractivity contribution in [2.75, 3.05) is 13.2 Å². The van der Waals surface area contributed by atoms with Gasteiger partial charge in [-0.1, -0.05) is 60.7 Å². The molecule has 35 heavy (non-hydrogen) atoms. The summed E-state index contributed by atoms with van der Waals surface area (Å²) in [5, 5.41) is 0. The van der Waals surface area contributed by atoms with E-state index in [9.17, 15) is 9.59 Å². The number of hydrogen-bond acceptors (Lipinski definition) is 7. The van der Waals surface area contributed by atoms with E-state index < -0.39 is 17.9 Å². The Hall–Kier alpha value is -4.39. The molecular formula is C28H25N3O4. The van der Waals surface area contributed by atoms with Crippen LogP contribution in [0.25, 0.3) is 33.5 Å². The van der Waals surface area contributed by atoms with E-state index in [0.717, 1.165) is 22.5 Å². The summed E-state index contributed by atoms with van der Waals surface area (Å²) in [6.07, 6.45) is 1.25. The first-order chi connectivity index (χ1) is 17.1. The molecule has 7 heteroatoms. The van der Waals surface area contributed by atoms with E-state index in [4.69, 9.17) is 19.4 Å². The standard InChI is InChI=1S/C28H25N3O4/c1-3-34-27(32)22(28(33)35-4-2)18-29-21-15-16-23-24(17-21)31-26(20-13-9-6-10-14-20)25(30-23)19-11-7-5-8-12-19/h5-18,22H,3-4H2,1-2H3. The molecule has 0 amide bonds. The number of aromatic nitrogens is 2. The molecule has 176 valence electrons. The van der Waals surface area contributed by atoms with E-state index in [0.29, 0.717) is 16.7 Å². The van der Waals surface area contributed by atoms with E-state index in [1.165, 1.54) is 6.21 Å². The Bertz CT molecular complexity index is 1340. The summed E-state index contributed by atoms with van der Waals surface area (Å²) in [5.41, 5.74) is 5.31. The maximum absolute atomic E-state index is 12.2. The summed E-state index contributed by atoms with van der Waals surface area (Å²) in [4.78, 5) is 38.6. The van der Waals surface area contributed by atoms with Crippen molar-refractivity contribution in [3.63, 3.8) is 0 Å². The molecule has 0 aliphatic rings. The van der Waals surface area contributed by atoms with E-state index in [2.05, 4.69) is 4.99 Å². The van der Waals surface area contributed by atoms with Gasteiger partial charge in [0.15, 0.2) is 5.92 Å². The van der Waals surface area contributed by atoms with Crippen LogP contribution in [0.15, 0.2) is 83.9 Å². The zero-order chi connectivity index (χ0) is 24.6. The number of fused-ring (bicyclic) bond motifs is 1. The topological polar surface area (TPSA) is 90.7 Å². The average molecular weight is 468 g/mol. The molecule has 0 unspecified atom stereocenters. The van der Waals surface area contributed by atoms with Crippen LogP contribution in [0.4, 0.5) is 5.69 Å². The number of benzene rings is 3. The molecule has 0 N–H and O–H groups in total. The Labute approximate surface area is 203 Å². The summed E-state index contributed by atoms with van der Waals surface area (Å²) in [6.45, 7) is 3.65. The second kappa shape index (κ2) is 11.2. The first kappa shape index (κ1) is 23.8. The molecule has 0 fully saturated rings. The number of hydrogen-bond donors (Lipinski definition) is 0. The second-order valence-electron chi connectivity index (χ2n) is 7.59. The normalized spacial score (nSPS) is 11.2. The molecule has 7 nitrogen and oxygen atoms in total. The van der Waals surface area contributed by atoms with Gasteiger partial charge in [-0.15, -0.1) is 0 Å². The Morgan fingerprint density at radius 1 is 0.771 bits per heavy atom. The molecule has 0 bridgehead atoms. The summed E-state index contributed by atoms with van der Waals surface area (Å²) in [5.74, 6) is -2.64. The number of carbonyl (C=O) groups is 2. The zero-order valence-corrected chi connectivity index (χ0v) is 19.5. The third-order valence-corrected chi connectivity index (χ3v) is 5.20. The van der Waals surface area contributed by atoms with Crippen molar-refractivity contribution in [2.24, 2.45) is 10.9 Å². The first-order valence-electron chi connectivity index (χ1n) is 11.4. The molecule has 4 aromatic rings. The highest BCUT2D eigenvalue weighted by Gasteiger charge is 2.27. The molecule has 0 saturated carbocycles. The number of nitrogens with zero attached hydrogens (tertiary/aromatic N) is 3. The van der Waals surface area contributed by atoms with E-state index in [1.54, 1.807) is 26.0 Å². The van der Waals surface area contributed by atoms with E-state index in [-0.39, 0.29) is 13.2 Å². The first-order valence-corrected chi connectivity index (χ1v) is 11.4. The highest BCUT2D eigenvalue weighted by molar-refractivity contribution is 6.09. The number of aliphatic imine (C=N–C) groups is 1. The Morgan fingerprint density at radius 2 is 1.29 bits per heavy atom. The molecule has 1 aromatic heterocycles. The molecule has 3 aromatic carbocycles. The minimum Gasteiger partial charge on any atom is -0.465 e. The van der Waals surface area contributed by atoms with Gasteiger partial charge in [-0.25, -0.2) is 9.97 Å². The van der Waals surface area contributed by atoms with Gasteiger partial charge in [0.2, 0.25) is 0 Å². The molecule has 0 aliphatic carbocycles. The van der Waals surface area contributed by atoms with Gasteiger partial charge in [0.05, 0.1) is 41.3 Å². The fraction of sp³-hybridized carbons (Fsp3) is 0.179. The van der Waals surface area contributed by atoms with Crippen molar-refractivity contribution in [2.45, 2.75) is 13.8 Å². The smallest absolute Gasteiger partial charge is 0.325 e. The summed E-state index contributed by atoms with van der Waals surface area (Å²) >= 11 is 0. The third-order valence-electron chi connectivity index (χ3n) is 5.20. The summed E-state index contributed by atoms with van der Waals surface area (Å²) < 4.78 is 9.99. The fourth-order valence-electron chi connectivity index (χ4n) is 3.56. The van der Waals surface area contributed by atoms with Gasteiger partial charge in [0, 0.05) is 17.3 Å². The predicted molar refractivity (Wildman–Crippen MR) is 135 cm³/mol. The lowest BCUT2D eigenvalue weighted by Crippen LogP contribution is -2.29.